The monoisotopic (exact) mass is 254 g/mol. The summed E-state index contributed by atoms with van der Waals surface area (Å²) in [6.45, 7) is 0.709. The molecule has 0 fully saturated rings. The van der Waals surface area contributed by atoms with Gasteiger partial charge in [-0.15, -0.1) is 0 Å². The van der Waals surface area contributed by atoms with Gasteiger partial charge < -0.3 is 0 Å². The number of nitro benzene ring substituents is 1. The summed E-state index contributed by atoms with van der Waals surface area (Å²) in [5, 5.41) is 10.5. The standard InChI is InChI=1S/C15H14N2O2/c18-17(19)15-8-6-14(7-9-15)12-16-11-10-13-4-2-1-3-5-13/h1-9,12H,10-11H2. The maximum absolute atomic E-state index is 10.5. The first-order valence-electron chi connectivity index (χ1n) is 6.04. The van der Waals surface area contributed by atoms with E-state index in [9.17, 15) is 10.1 Å². The van der Waals surface area contributed by atoms with Crippen LogP contribution in [-0.2, 0) is 6.42 Å². The molecule has 0 aliphatic rings. The van der Waals surface area contributed by atoms with Gasteiger partial charge in [0.2, 0.25) is 0 Å². The maximum atomic E-state index is 10.5. The molecule has 0 aliphatic heterocycles. The van der Waals surface area contributed by atoms with Crippen LogP contribution < -0.4 is 0 Å². The average molecular weight is 254 g/mol. The van der Waals surface area contributed by atoms with Gasteiger partial charge in [-0.25, -0.2) is 0 Å². The Morgan fingerprint density at radius 3 is 2.37 bits per heavy atom. The predicted octanol–water partition coefficient (Wildman–Crippen LogP) is 3.26. The van der Waals surface area contributed by atoms with Gasteiger partial charge in [0.15, 0.2) is 0 Å². The minimum atomic E-state index is -0.406. The minimum Gasteiger partial charge on any atom is -0.292 e. The summed E-state index contributed by atoms with van der Waals surface area (Å²) in [7, 11) is 0. The summed E-state index contributed by atoms with van der Waals surface area (Å²) in [4.78, 5) is 14.4. The van der Waals surface area contributed by atoms with E-state index in [0.717, 1.165) is 12.0 Å². The molecule has 0 atom stereocenters. The third-order valence-corrected chi connectivity index (χ3v) is 2.72. The number of non-ortho nitro benzene ring substituents is 1. The molecule has 0 spiro atoms. The molecule has 2 aromatic carbocycles. The molecule has 0 amide bonds. The molecule has 2 rings (SSSR count). The van der Waals surface area contributed by atoms with Crippen molar-refractivity contribution >= 4 is 11.9 Å². The van der Waals surface area contributed by atoms with Crippen LogP contribution in [0.4, 0.5) is 5.69 Å². The molecular formula is C15H14N2O2. The third-order valence-electron chi connectivity index (χ3n) is 2.72. The Morgan fingerprint density at radius 1 is 1.05 bits per heavy atom. The number of nitro groups is 1. The molecule has 0 aliphatic carbocycles. The van der Waals surface area contributed by atoms with Crippen molar-refractivity contribution in [3.05, 3.63) is 75.8 Å². The van der Waals surface area contributed by atoms with E-state index in [0.29, 0.717) is 6.54 Å². The Morgan fingerprint density at radius 2 is 1.74 bits per heavy atom. The second kappa shape index (κ2) is 6.44. The van der Waals surface area contributed by atoms with Crippen LogP contribution in [-0.4, -0.2) is 17.7 Å². The molecule has 0 saturated heterocycles. The molecule has 96 valence electrons. The van der Waals surface area contributed by atoms with Crippen molar-refractivity contribution in [3.63, 3.8) is 0 Å². The number of hydrogen-bond donors (Lipinski definition) is 0. The minimum absolute atomic E-state index is 0.0986. The second-order valence-electron chi connectivity index (χ2n) is 4.12. The quantitative estimate of drug-likeness (QED) is 0.467. The lowest BCUT2D eigenvalue weighted by Crippen LogP contribution is -1.91. The molecule has 0 unspecified atom stereocenters. The Balaban J connectivity index is 1.87. The number of nitrogens with zero attached hydrogens (tertiary/aromatic N) is 2. The predicted molar refractivity (Wildman–Crippen MR) is 75.7 cm³/mol. The van der Waals surface area contributed by atoms with E-state index >= 15 is 0 Å². The molecule has 19 heavy (non-hydrogen) atoms. The van der Waals surface area contributed by atoms with Crippen molar-refractivity contribution < 1.29 is 4.92 Å². The molecule has 2 aromatic rings. The zero-order chi connectivity index (χ0) is 13.5. The van der Waals surface area contributed by atoms with Gasteiger partial charge in [0, 0.05) is 24.9 Å². The summed E-state index contributed by atoms with van der Waals surface area (Å²) >= 11 is 0. The molecule has 0 aromatic heterocycles. The molecule has 4 heteroatoms. The van der Waals surface area contributed by atoms with Crippen molar-refractivity contribution in [2.45, 2.75) is 6.42 Å². The summed E-state index contributed by atoms with van der Waals surface area (Å²) < 4.78 is 0. The number of rotatable bonds is 5. The summed E-state index contributed by atoms with van der Waals surface area (Å²) in [6.07, 6.45) is 2.64. The van der Waals surface area contributed by atoms with Gasteiger partial charge in [-0.05, 0) is 29.7 Å². The van der Waals surface area contributed by atoms with Crippen LogP contribution in [0.25, 0.3) is 0 Å². The first-order chi connectivity index (χ1) is 9.25. The van der Waals surface area contributed by atoms with Crippen LogP contribution in [0.3, 0.4) is 0 Å². The largest absolute Gasteiger partial charge is 0.292 e. The highest BCUT2D eigenvalue weighted by atomic mass is 16.6. The second-order valence-corrected chi connectivity index (χ2v) is 4.12. The van der Waals surface area contributed by atoms with Crippen molar-refractivity contribution in [2.24, 2.45) is 4.99 Å². The SMILES string of the molecule is O=[N+]([O-])c1ccc(C=NCCc2ccccc2)cc1. The molecule has 4 nitrogen and oxygen atoms in total. The van der Waals surface area contributed by atoms with Crippen LogP contribution in [0, 0.1) is 10.1 Å². The normalized spacial score (nSPS) is 10.7. The zero-order valence-corrected chi connectivity index (χ0v) is 10.4. The van der Waals surface area contributed by atoms with E-state index in [1.54, 1.807) is 18.3 Å². The van der Waals surface area contributed by atoms with E-state index < -0.39 is 4.92 Å². The molecule has 0 radical (unpaired) electrons. The number of hydrogen-bond acceptors (Lipinski definition) is 3. The van der Waals surface area contributed by atoms with Gasteiger partial charge in [0.1, 0.15) is 0 Å². The highest BCUT2D eigenvalue weighted by Crippen LogP contribution is 2.10. The van der Waals surface area contributed by atoms with Crippen molar-refractivity contribution in [3.8, 4) is 0 Å². The molecule has 0 saturated carbocycles. The van der Waals surface area contributed by atoms with Crippen LogP contribution >= 0.6 is 0 Å². The third kappa shape index (κ3) is 4.03. The molecule has 0 N–H and O–H groups in total. The lowest BCUT2D eigenvalue weighted by atomic mass is 10.1. The molecule has 0 bridgehead atoms. The maximum Gasteiger partial charge on any atom is 0.269 e. The molecular weight excluding hydrogens is 240 g/mol. The van der Waals surface area contributed by atoms with Crippen molar-refractivity contribution in [1.29, 1.82) is 0 Å². The first kappa shape index (κ1) is 13.0. The average Bonchev–Trinajstić information content (AvgIpc) is 2.45. The van der Waals surface area contributed by atoms with Gasteiger partial charge in [-0.2, -0.15) is 0 Å². The van der Waals surface area contributed by atoms with E-state index in [-0.39, 0.29) is 5.69 Å². The van der Waals surface area contributed by atoms with Crippen LogP contribution in [0.1, 0.15) is 11.1 Å². The number of benzene rings is 2. The highest BCUT2D eigenvalue weighted by Gasteiger charge is 2.02. The summed E-state index contributed by atoms with van der Waals surface area (Å²) in [5.74, 6) is 0. The zero-order valence-electron chi connectivity index (χ0n) is 10.4. The van der Waals surface area contributed by atoms with Crippen molar-refractivity contribution in [1.82, 2.24) is 0 Å². The van der Waals surface area contributed by atoms with Gasteiger partial charge in [0.25, 0.3) is 5.69 Å². The number of aliphatic imine (C=N–C) groups is 1. The fraction of sp³-hybridized carbons (Fsp3) is 0.133. The van der Waals surface area contributed by atoms with Gasteiger partial charge in [-0.3, -0.25) is 15.1 Å². The van der Waals surface area contributed by atoms with E-state index in [4.69, 9.17) is 0 Å². The Hall–Kier alpha value is -2.49. The Kier molecular flexibility index (Phi) is 4.39. The first-order valence-corrected chi connectivity index (χ1v) is 6.04. The van der Waals surface area contributed by atoms with E-state index in [2.05, 4.69) is 17.1 Å². The Labute approximate surface area is 111 Å². The van der Waals surface area contributed by atoms with Crippen LogP contribution in [0.5, 0.6) is 0 Å². The molecule has 0 heterocycles. The summed E-state index contributed by atoms with van der Waals surface area (Å²) in [5.41, 5.74) is 2.23. The highest BCUT2D eigenvalue weighted by molar-refractivity contribution is 5.79. The fourth-order valence-corrected chi connectivity index (χ4v) is 1.69. The summed E-state index contributed by atoms with van der Waals surface area (Å²) in [6, 6.07) is 16.5. The van der Waals surface area contributed by atoms with Crippen molar-refractivity contribution in [2.75, 3.05) is 6.54 Å². The lowest BCUT2D eigenvalue weighted by molar-refractivity contribution is -0.384. The Bertz CT molecular complexity index is 562. The van der Waals surface area contributed by atoms with Gasteiger partial charge in [0.05, 0.1) is 4.92 Å². The van der Waals surface area contributed by atoms with E-state index in [1.165, 1.54) is 17.7 Å². The van der Waals surface area contributed by atoms with Gasteiger partial charge >= 0.3 is 0 Å². The van der Waals surface area contributed by atoms with Gasteiger partial charge in [-0.1, -0.05) is 30.3 Å². The topological polar surface area (TPSA) is 55.5 Å². The lowest BCUT2D eigenvalue weighted by Gasteiger charge is -1.97. The van der Waals surface area contributed by atoms with E-state index in [1.807, 2.05) is 18.2 Å². The van der Waals surface area contributed by atoms with Crippen LogP contribution in [0.2, 0.25) is 0 Å². The van der Waals surface area contributed by atoms with Crippen LogP contribution in [0.15, 0.2) is 59.6 Å². The smallest absolute Gasteiger partial charge is 0.269 e. The fourth-order valence-electron chi connectivity index (χ4n) is 1.69.